The van der Waals surface area contributed by atoms with Crippen molar-refractivity contribution in [3.8, 4) is 0 Å². The highest BCUT2D eigenvalue weighted by Crippen LogP contribution is 2.28. The van der Waals surface area contributed by atoms with Crippen molar-refractivity contribution in [2.24, 2.45) is 0 Å². The van der Waals surface area contributed by atoms with Gasteiger partial charge in [0.1, 0.15) is 5.78 Å². The molecule has 0 unspecified atom stereocenters. The van der Waals surface area contributed by atoms with E-state index in [2.05, 4.69) is 4.98 Å². The van der Waals surface area contributed by atoms with E-state index in [1.165, 1.54) is 18.3 Å². The zero-order valence-electron chi connectivity index (χ0n) is 9.61. The third-order valence-corrected chi connectivity index (χ3v) is 3.20. The fraction of sp³-hybridized carbons (Fsp3) is 0.250. The summed E-state index contributed by atoms with van der Waals surface area (Å²) in [5, 5.41) is 0.433. The van der Waals surface area contributed by atoms with Crippen LogP contribution in [-0.4, -0.2) is 16.6 Å². The second-order valence-corrected chi connectivity index (χ2v) is 5.08. The fourth-order valence-corrected chi connectivity index (χ4v) is 2.58. The van der Waals surface area contributed by atoms with Gasteiger partial charge in [0.2, 0.25) is 0 Å². The molecule has 4 nitrogen and oxygen atoms in total. The zero-order valence-corrected chi connectivity index (χ0v) is 10.4. The Morgan fingerprint density at radius 3 is 2.76 bits per heavy atom. The number of Topliss-reactive ketones (excluding diaryl/α,β-unsaturated/α-hetero) is 2. The van der Waals surface area contributed by atoms with Gasteiger partial charge in [-0.1, -0.05) is 11.3 Å². The summed E-state index contributed by atoms with van der Waals surface area (Å²) in [5.41, 5.74) is 7.70. The lowest BCUT2D eigenvalue weighted by Crippen LogP contribution is -2.06. The molecule has 0 radical (unpaired) electrons. The normalized spacial score (nSPS) is 10.7. The van der Waals surface area contributed by atoms with E-state index in [1.807, 2.05) is 13.0 Å². The predicted molar refractivity (Wildman–Crippen MR) is 68.4 cm³/mol. The molecule has 17 heavy (non-hydrogen) atoms. The molecular formula is C12H12N2O2S. The van der Waals surface area contributed by atoms with Gasteiger partial charge in [-0.15, -0.1) is 0 Å². The van der Waals surface area contributed by atoms with Gasteiger partial charge in [-0.2, -0.15) is 0 Å². The van der Waals surface area contributed by atoms with Crippen molar-refractivity contribution >= 4 is 38.3 Å². The van der Waals surface area contributed by atoms with E-state index in [-0.39, 0.29) is 18.0 Å². The summed E-state index contributed by atoms with van der Waals surface area (Å²) in [4.78, 5) is 27.1. The molecule has 1 aromatic carbocycles. The summed E-state index contributed by atoms with van der Waals surface area (Å²) in [6.45, 7) is 3.31. The maximum atomic E-state index is 11.9. The molecule has 2 N–H and O–H groups in total. The Hall–Kier alpha value is -1.75. The number of nitrogen functional groups attached to an aromatic ring is 1. The molecule has 0 bridgehead atoms. The van der Waals surface area contributed by atoms with Crippen LogP contribution in [0.4, 0.5) is 5.13 Å². The molecule has 1 aromatic heterocycles. The average molecular weight is 248 g/mol. The summed E-state index contributed by atoms with van der Waals surface area (Å²) < 4.78 is 0.884. The number of benzene rings is 1. The average Bonchev–Trinajstić information content (AvgIpc) is 2.55. The van der Waals surface area contributed by atoms with Gasteiger partial charge in [0, 0.05) is 5.56 Å². The minimum Gasteiger partial charge on any atom is -0.375 e. The van der Waals surface area contributed by atoms with Crippen LogP contribution < -0.4 is 5.73 Å². The van der Waals surface area contributed by atoms with Crippen molar-refractivity contribution in [2.45, 2.75) is 20.3 Å². The molecular weight excluding hydrogens is 236 g/mol. The van der Waals surface area contributed by atoms with Crippen LogP contribution in [0, 0.1) is 6.92 Å². The standard InChI is InChI=1S/C12H12N2O2S/c1-6-3-8(9(16)5-7(2)15)11-10(4-6)17-12(13)14-11/h3-4H,5H2,1-2H3,(H2,13,14). The van der Waals surface area contributed by atoms with Crippen molar-refractivity contribution in [1.82, 2.24) is 4.98 Å². The number of carbonyl (C=O) groups excluding carboxylic acids is 2. The number of aromatic nitrogens is 1. The molecule has 1 heterocycles. The number of rotatable bonds is 3. The third kappa shape index (κ3) is 2.34. The molecule has 0 aliphatic heterocycles. The smallest absolute Gasteiger partial charge is 0.181 e. The number of carbonyl (C=O) groups is 2. The second kappa shape index (κ2) is 4.25. The first-order chi connectivity index (χ1) is 7.97. The van der Waals surface area contributed by atoms with Gasteiger partial charge in [0.05, 0.1) is 16.6 Å². The topological polar surface area (TPSA) is 73.0 Å². The molecule has 0 fully saturated rings. The molecule has 0 amide bonds. The van der Waals surface area contributed by atoms with Crippen LogP contribution in [0.5, 0.6) is 0 Å². The summed E-state index contributed by atoms with van der Waals surface area (Å²) in [5.74, 6) is -0.343. The van der Waals surface area contributed by atoms with Crippen molar-refractivity contribution in [3.63, 3.8) is 0 Å². The molecule has 2 rings (SSSR count). The first-order valence-corrected chi connectivity index (χ1v) is 5.98. The summed E-state index contributed by atoms with van der Waals surface area (Å²) >= 11 is 1.35. The Balaban J connectivity index is 2.59. The van der Waals surface area contributed by atoms with Gasteiger partial charge in [0.25, 0.3) is 0 Å². The third-order valence-electron chi connectivity index (χ3n) is 2.37. The molecule has 0 atom stereocenters. The van der Waals surface area contributed by atoms with Crippen LogP contribution in [0.25, 0.3) is 10.2 Å². The lowest BCUT2D eigenvalue weighted by Gasteiger charge is -2.01. The van der Waals surface area contributed by atoms with E-state index >= 15 is 0 Å². The highest BCUT2D eigenvalue weighted by molar-refractivity contribution is 7.22. The van der Waals surface area contributed by atoms with Crippen LogP contribution in [0.15, 0.2) is 12.1 Å². The summed E-state index contributed by atoms with van der Waals surface area (Å²) in [7, 11) is 0. The van der Waals surface area contributed by atoms with E-state index in [0.717, 1.165) is 10.3 Å². The molecule has 0 saturated carbocycles. The van der Waals surface area contributed by atoms with Crippen LogP contribution >= 0.6 is 11.3 Å². The van der Waals surface area contributed by atoms with Crippen LogP contribution in [0.3, 0.4) is 0 Å². The van der Waals surface area contributed by atoms with Gasteiger partial charge in [-0.25, -0.2) is 4.98 Å². The predicted octanol–water partition coefficient (Wildman–Crippen LogP) is 2.35. The van der Waals surface area contributed by atoms with Crippen LogP contribution in [0.2, 0.25) is 0 Å². The Morgan fingerprint density at radius 2 is 2.12 bits per heavy atom. The molecule has 0 aliphatic carbocycles. The number of aryl methyl sites for hydroxylation is 1. The molecule has 0 saturated heterocycles. The first kappa shape index (κ1) is 11.7. The van der Waals surface area contributed by atoms with Crippen molar-refractivity contribution in [3.05, 3.63) is 23.3 Å². The fourth-order valence-electron chi connectivity index (χ4n) is 1.72. The molecule has 0 aliphatic rings. The monoisotopic (exact) mass is 248 g/mol. The van der Waals surface area contributed by atoms with Gasteiger partial charge in [-0.3, -0.25) is 9.59 Å². The van der Waals surface area contributed by atoms with Gasteiger partial charge in [-0.05, 0) is 31.5 Å². The number of hydrogen-bond donors (Lipinski definition) is 1. The van der Waals surface area contributed by atoms with Crippen LogP contribution in [-0.2, 0) is 4.79 Å². The number of hydrogen-bond acceptors (Lipinski definition) is 5. The van der Waals surface area contributed by atoms with Gasteiger partial charge >= 0.3 is 0 Å². The number of thiazole rings is 1. The number of nitrogens with zero attached hydrogens (tertiary/aromatic N) is 1. The largest absolute Gasteiger partial charge is 0.375 e. The maximum Gasteiger partial charge on any atom is 0.181 e. The summed E-state index contributed by atoms with van der Waals surface area (Å²) in [6.07, 6.45) is -0.0873. The van der Waals surface area contributed by atoms with Crippen molar-refractivity contribution in [1.29, 1.82) is 0 Å². The zero-order chi connectivity index (χ0) is 12.6. The van der Waals surface area contributed by atoms with E-state index in [4.69, 9.17) is 5.73 Å². The number of ketones is 2. The number of anilines is 1. The molecule has 2 aromatic rings. The van der Waals surface area contributed by atoms with E-state index in [9.17, 15) is 9.59 Å². The minimum atomic E-state index is -0.198. The van der Waals surface area contributed by atoms with Gasteiger partial charge in [0.15, 0.2) is 10.9 Å². The first-order valence-electron chi connectivity index (χ1n) is 5.16. The minimum absolute atomic E-state index is 0.0873. The Morgan fingerprint density at radius 1 is 1.41 bits per heavy atom. The highest BCUT2D eigenvalue weighted by atomic mass is 32.1. The molecule has 88 valence electrons. The van der Waals surface area contributed by atoms with Gasteiger partial charge < -0.3 is 5.73 Å². The second-order valence-electron chi connectivity index (χ2n) is 4.01. The Labute approximate surface area is 102 Å². The quantitative estimate of drug-likeness (QED) is 0.668. The Kier molecular flexibility index (Phi) is 2.93. The lowest BCUT2D eigenvalue weighted by molar-refractivity contribution is -0.116. The Bertz CT molecular complexity index is 616. The van der Waals surface area contributed by atoms with Crippen LogP contribution in [0.1, 0.15) is 29.3 Å². The van der Waals surface area contributed by atoms with E-state index in [1.54, 1.807) is 6.07 Å². The van der Waals surface area contributed by atoms with Crippen molar-refractivity contribution < 1.29 is 9.59 Å². The van der Waals surface area contributed by atoms with E-state index < -0.39 is 0 Å². The van der Waals surface area contributed by atoms with Crippen molar-refractivity contribution in [2.75, 3.05) is 5.73 Å². The molecule has 0 spiro atoms. The van der Waals surface area contributed by atoms with E-state index in [0.29, 0.717) is 16.2 Å². The lowest BCUT2D eigenvalue weighted by atomic mass is 10.0. The molecule has 5 heteroatoms. The summed E-state index contributed by atoms with van der Waals surface area (Å²) in [6, 6.07) is 3.70. The number of fused-ring (bicyclic) bond motifs is 1. The maximum absolute atomic E-state index is 11.9. The SMILES string of the molecule is CC(=O)CC(=O)c1cc(C)cc2sc(N)nc12. The highest BCUT2D eigenvalue weighted by Gasteiger charge is 2.15. The number of nitrogens with two attached hydrogens (primary N) is 1.